The minimum atomic E-state index is -0.530. The summed E-state index contributed by atoms with van der Waals surface area (Å²) in [7, 11) is 2.02. The van der Waals surface area contributed by atoms with Crippen LogP contribution < -0.4 is 10.6 Å². The van der Waals surface area contributed by atoms with E-state index < -0.39 is 5.82 Å². The average molecular weight is 463 g/mol. The summed E-state index contributed by atoms with van der Waals surface area (Å²) in [5.74, 6) is -0.855. The van der Waals surface area contributed by atoms with Crippen LogP contribution in [-0.2, 0) is 6.54 Å². The van der Waals surface area contributed by atoms with Gasteiger partial charge in [0.15, 0.2) is 5.78 Å². The maximum absolute atomic E-state index is 14.7. The first-order chi connectivity index (χ1) is 13.9. The molecular formula is C21H24BrFN4O2. The fourth-order valence-electron chi connectivity index (χ4n) is 3.20. The van der Waals surface area contributed by atoms with Crippen molar-refractivity contribution in [1.29, 1.82) is 0 Å². The van der Waals surface area contributed by atoms with Crippen LogP contribution in [0, 0.1) is 5.82 Å². The number of Topliss-reactive ketones (excluding diaryl/α,β-unsaturated/α-hetero) is 1. The molecule has 0 aliphatic carbocycles. The molecule has 1 aliphatic heterocycles. The summed E-state index contributed by atoms with van der Waals surface area (Å²) in [6.45, 7) is 2.72. The van der Waals surface area contributed by atoms with E-state index in [1.54, 1.807) is 21.9 Å². The van der Waals surface area contributed by atoms with Gasteiger partial charge in [-0.25, -0.2) is 9.18 Å². The van der Waals surface area contributed by atoms with Crippen LogP contribution in [0.3, 0.4) is 0 Å². The zero-order valence-corrected chi connectivity index (χ0v) is 17.9. The Bertz CT molecular complexity index is 883. The van der Waals surface area contributed by atoms with Crippen LogP contribution in [0.4, 0.5) is 14.9 Å². The number of piperazine rings is 1. The van der Waals surface area contributed by atoms with Gasteiger partial charge in [0.1, 0.15) is 5.82 Å². The summed E-state index contributed by atoms with van der Waals surface area (Å²) in [5, 5.41) is 0. The van der Waals surface area contributed by atoms with Gasteiger partial charge in [-0.15, -0.1) is 0 Å². The number of nitrogens with two attached hydrogens (primary N) is 1. The third-order valence-electron chi connectivity index (χ3n) is 5.03. The number of carbonyl (C=O) groups excluding carboxylic acids is 2. The molecule has 2 aromatic rings. The largest absolute Gasteiger partial charge is 0.324 e. The zero-order valence-electron chi connectivity index (χ0n) is 16.3. The van der Waals surface area contributed by atoms with E-state index in [-0.39, 0.29) is 30.5 Å². The van der Waals surface area contributed by atoms with Crippen LogP contribution in [0.2, 0.25) is 0 Å². The maximum Gasteiger partial charge on any atom is 0.324 e. The molecule has 29 heavy (non-hydrogen) atoms. The number of likely N-dealkylation sites (N-methyl/N-ethyl adjacent to an activating group) is 1. The monoisotopic (exact) mass is 462 g/mol. The van der Waals surface area contributed by atoms with Gasteiger partial charge in [-0.2, -0.15) is 0 Å². The predicted molar refractivity (Wildman–Crippen MR) is 115 cm³/mol. The summed E-state index contributed by atoms with van der Waals surface area (Å²) < 4.78 is 15.6. The third-order valence-corrected chi connectivity index (χ3v) is 5.56. The Morgan fingerprint density at radius 3 is 2.34 bits per heavy atom. The summed E-state index contributed by atoms with van der Waals surface area (Å²) in [6, 6.07) is 11.4. The van der Waals surface area contributed by atoms with E-state index in [1.807, 2.05) is 31.3 Å². The lowest BCUT2D eigenvalue weighted by Gasteiger charge is -2.36. The zero-order chi connectivity index (χ0) is 21.0. The Labute approximate surface area is 178 Å². The fraction of sp³-hybridized carbons (Fsp3) is 0.333. The normalized spacial score (nSPS) is 14.7. The molecule has 154 valence electrons. The molecule has 1 heterocycles. The molecule has 0 radical (unpaired) electrons. The van der Waals surface area contributed by atoms with E-state index >= 15 is 0 Å². The van der Waals surface area contributed by atoms with Crippen LogP contribution in [0.25, 0.3) is 0 Å². The van der Waals surface area contributed by atoms with Gasteiger partial charge in [0.05, 0.1) is 13.1 Å². The highest BCUT2D eigenvalue weighted by molar-refractivity contribution is 9.10. The minimum absolute atomic E-state index is 0.0652. The number of anilines is 1. The molecule has 2 aromatic carbocycles. The molecular weight excluding hydrogens is 439 g/mol. The topological polar surface area (TPSA) is 69.9 Å². The first-order valence-electron chi connectivity index (χ1n) is 9.41. The van der Waals surface area contributed by atoms with E-state index in [1.165, 1.54) is 6.07 Å². The lowest BCUT2D eigenvalue weighted by atomic mass is 10.1. The summed E-state index contributed by atoms with van der Waals surface area (Å²) in [6.07, 6.45) is 0. The van der Waals surface area contributed by atoms with Gasteiger partial charge in [-0.05, 0) is 37.4 Å². The Kier molecular flexibility index (Phi) is 7.00. The van der Waals surface area contributed by atoms with Gasteiger partial charge in [-0.3, -0.25) is 9.69 Å². The van der Waals surface area contributed by atoms with Gasteiger partial charge in [0.2, 0.25) is 0 Å². The van der Waals surface area contributed by atoms with E-state index in [9.17, 15) is 14.0 Å². The first kappa shape index (κ1) is 21.4. The quantitative estimate of drug-likeness (QED) is 0.693. The Morgan fingerprint density at radius 2 is 1.76 bits per heavy atom. The van der Waals surface area contributed by atoms with Gasteiger partial charge in [-0.1, -0.05) is 28.1 Å². The SMILES string of the molecule is CN1CCN(C(=O)N(Cc2ccc(C(=O)CN)cc2F)c2ccc(Br)cc2)CC1. The van der Waals surface area contributed by atoms with Gasteiger partial charge in [0.25, 0.3) is 0 Å². The third kappa shape index (κ3) is 5.20. The van der Waals surface area contributed by atoms with Crippen molar-refractivity contribution in [2.45, 2.75) is 6.54 Å². The summed E-state index contributed by atoms with van der Waals surface area (Å²) >= 11 is 3.40. The van der Waals surface area contributed by atoms with Crippen molar-refractivity contribution >= 4 is 33.4 Å². The Morgan fingerprint density at radius 1 is 1.10 bits per heavy atom. The van der Waals surface area contributed by atoms with Crippen LogP contribution in [0.15, 0.2) is 46.9 Å². The van der Waals surface area contributed by atoms with Crippen molar-refractivity contribution < 1.29 is 14.0 Å². The van der Waals surface area contributed by atoms with Crippen molar-refractivity contribution in [2.24, 2.45) is 5.73 Å². The molecule has 1 fully saturated rings. The number of nitrogens with zero attached hydrogens (tertiary/aromatic N) is 3. The maximum atomic E-state index is 14.7. The lowest BCUT2D eigenvalue weighted by molar-refractivity contribution is 0.100. The smallest absolute Gasteiger partial charge is 0.324 e. The minimum Gasteiger partial charge on any atom is -0.324 e. The summed E-state index contributed by atoms with van der Waals surface area (Å²) in [5.41, 5.74) is 6.60. The number of amides is 2. The predicted octanol–water partition coefficient (Wildman–Crippen LogP) is 3.10. The first-order valence-corrected chi connectivity index (χ1v) is 10.2. The van der Waals surface area contributed by atoms with E-state index in [2.05, 4.69) is 20.8 Å². The fourth-order valence-corrected chi connectivity index (χ4v) is 3.46. The molecule has 0 atom stereocenters. The van der Waals surface area contributed by atoms with E-state index in [4.69, 9.17) is 5.73 Å². The second kappa shape index (κ2) is 9.47. The number of hydrogen-bond donors (Lipinski definition) is 1. The molecule has 2 N–H and O–H groups in total. The van der Waals surface area contributed by atoms with Gasteiger partial charge in [0, 0.05) is 47.5 Å². The van der Waals surface area contributed by atoms with E-state index in [0.717, 1.165) is 17.6 Å². The van der Waals surface area contributed by atoms with Gasteiger partial charge >= 0.3 is 6.03 Å². The number of urea groups is 1. The van der Waals surface area contributed by atoms with Crippen molar-refractivity contribution in [1.82, 2.24) is 9.80 Å². The highest BCUT2D eigenvalue weighted by Crippen LogP contribution is 2.24. The molecule has 0 bridgehead atoms. The second-order valence-corrected chi connectivity index (χ2v) is 7.98. The number of halogens is 2. The Balaban J connectivity index is 1.88. The molecule has 3 rings (SSSR count). The van der Waals surface area contributed by atoms with Crippen molar-refractivity contribution in [3.8, 4) is 0 Å². The molecule has 6 nitrogen and oxygen atoms in total. The molecule has 0 unspecified atom stereocenters. The van der Waals surface area contributed by atoms with Crippen LogP contribution in [0.5, 0.6) is 0 Å². The number of ketones is 1. The molecule has 1 aliphatic rings. The molecule has 0 aromatic heterocycles. The summed E-state index contributed by atoms with van der Waals surface area (Å²) in [4.78, 5) is 30.5. The average Bonchev–Trinajstić information content (AvgIpc) is 2.73. The molecule has 1 saturated heterocycles. The van der Waals surface area contributed by atoms with E-state index in [0.29, 0.717) is 24.3 Å². The molecule has 8 heteroatoms. The second-order valence-electron chi connectivity index (χ2n) is 7.07. The van der Waals surface area contributed by atoms with Crippen molar-refractivity contribution in [3.63, 3.8) is 0 Å². The lowest BCUT2D eigenvalue weighted by Crippen LogP contribution is -2.52. The number of benzene rings is 2. The highest BCUT2D eigenvalue weighted by Gasteiger charge is 2.26. The molecule has 2 amide bonds. The number of rotatable bonds is 5. The number of carbonyl (C=O) groups is 2. The van der Waals surface area contributed by atoms with Gasteiger partial charge < -0.3 is 15.5 Å². The van der Waals surface area contributed by atoms with Crippen LogP contribution in [-0.4, -0.2) is 61.4 Å². The highest BCUT2D eigenvalue weighted by atomic mass is 79.9. The molecule has 0 spiro atoms. The van der Waals surface area contributed by atoms with Crippen LogP contribution in [0.1, 0.15) is 15.9 Å². The van der Waals surface area contributed by atoms with Crippen molar-refractivity contribution in [2.75, 3.05) is 44.7 Å². The molecule has 0 saturated carbocycles. The number of hydrogen-bond acceptors (Lipinski definition) is 4. The van der Waals surface area contributed by atoms with Crippen LogP contribution >= 0.6 is 15.9 Å². The Hall–Kier alpha value is -2.29. The standard InChI is InChI=1S/C21H24BrFN4O2/c1-25-8-10-26(11-9-25)21(29)27(18-6-4-17(22)5-7-18)14-16-3-2-15(12-19(16)23)20(28)13-24/h2-7,12H,8-11,13-14,24H2,1H3. The van der Waals surface area contributed by atoms with Crippen molar-refractivity contribution in [3.05, 3.63) is 63.9 Å².